The summed E-state index contributed by atoms with van der Waals surface area (Å²) in [6.07, 6.45) is 7.03. The number of unbranched alkanes of at least 4 members (excludes halogenated alkanes) is 1. The molecule has 1 aliphatic rings. The number of aliphatic imine (C=N–C) groups is 1. The molecule has 0 saturated carbocycles. The first-order valence-corrected chi connectivity index (χ1v) is 9.97. The summed E-state index contributed by atoms with van der Waals surface area (Å²) in [6.45, 7) is 5.95. The summed E-state index contributed by atoms with van der Waals surface area (Å²) < 4.78 is 5.43. The van der Waals surface area contributed by atoms with E-state index in [0.29, 0.717) is 0 Å². The molecule has 1 aliphatic heterocycles. The van der Waals surface area contributed by atoms with Crippen LogP contribution in [0.1, 0.15) is 42.8 Å². The van der Waals surface area contributed by atoms with Crippen molar-refractivity contribution < 1.29 is 4.74 Å². The number of nitrogens with one attached hydrogen (secondary N) is 1. The second kappa shape index (κ2) is 12.9. The summed E-state index contributed by atoms with van der Waals surface area (Å²) in [6, 6.07) is 0. The molecule has 5 nitrogen and oxygen atoms in total. The number of hydrogen-bond donors (Lipinski definition) is 1. The van der Waals surface area contributed by atoms with Crippen molar-refractivity contribution in [3.8, 4) is 0 Å². The van der Waals surface area contributed by atoms with Crippen molar-refractivity contribution in [2.24, 2.45) is 10.9 Å². The maximum absolute atomic E-state index is 5.43. The fourth-order valence-electron chi connectivity index (χ4n) is 3.02. The molecule has 0 amide bonds. The molecular formula is C18H33IN4OS. The smallest absolute Gasteiger partial charge is 0.193 e. The lowest BCUT2D eigenvalue weighted by Crippen LogP contribution is -2.40. The van der Waals surface area contributed by atoms with Crippen LogP contribution in [0.25, 0.3) is 0 Å². The minimum Gasteiger partial charge on any atom is -0.381 e. The van der Waals surface area contributed by atoms with Gasteiger partial charge in [0.2, 0.25) is 0 Å². The number of ether oxygens (including phenoxy) is 1. The van der Waals surface area contributed by atoms with Crippen LogP contribution in [-0.2, 0) is 11.2 Å². The van der Waals surface area contributed by atoms with Crippen LogP contribution in [-0.4, -0.2) is 56.2 Å². The number of halogens is 1. The summed E-state index contributed by atoms with van der Waals surface area (Å²) in [4.78, 5) is 11.2. The fraction of sp³-hybridized carbons (Fsp3) is 0.778. The molecular weight excluding hydrogens is 447 g/mol. The standard InChI is InChI=1S/C18H32N4OS.HI/c1-15-14-24-17(21-15)6-4-5-10-20-18(19-2)22(3)11-7-16-8-12-23-13-9-16;/h14,16H,4-13H2,1-3H3,(H,19,20);1H. The van der Waals surface area contributed by atoms with Crippen molar-refractivity contribution in [1.29, 1.82) is 0 Å². The Hall–Kier alpha value is -0.410. The van der Waals surface area contributed by atoms with E-state index < -0.39 is 0 Å². The van der Waals surface area contributed by atoms with Gasteiger partial charge < -0.3 is 15.0 Å². The Bertz CT molecular complexity index is 503. The molecule has 0 radical (unpaired) electrons. The summed E-state index contributed by atoms with van der Waals surface area (Å²) >= 11 is 1.77. The number of aromatic nitrogens is 1. The van der Waals surface area contributed by atoms with Crippen molar-refractivity contribution in [3.63, 3.8) is 0 Å². The van der Waals surface area contributed by atoms with E-state index in [0.717, 1.165) is 56.7 Å². The Morgan fingerprint density at radius 2 is 2.16 bits per heavy atom. The average Bonchev–Trinajstić information content (AvgIpc) is 3.02. The van der Waals surface area contributed by atoms with Crippen molar-refractivity contribution in [3.05, 3.63) is 16.1 Å². The zero-order chi connectivity index (χ0) is 17.2. The average molecular weight is 480 g/mol. The van der Waals surface area contributed by atoms with E-state index in [9.17, 15) is 0 Å². The van der Waals surface area contributed by atoms with Crippen LogP contribution >= 0.6 is 35.3 Å². The van der Waals surface area contributed by atoms with E-state index in [-0.39, 0.29) is 24.0 Å². The van der Waals surface area contributed by atoms with E-state index in [1.165, 1.54) is 30.7 Å². The molecule has 1 saturated heterocycles. The van der Waals surface area contributed by atoms with Crippen LogP contribution in [0.4, 0.5) is 0 Å². The summed E-state index contributed by atoms with van der Waals surface area (Å²) in [5, 5.41) is 6.87. The first-order valence-electron chi connectivity index (χ1n) is 9.09. The SMILES string of the molecule is CN=C(NCCCCc1nc(C)cs1)N(C)CCC1CCOCC1.I. The van der Waals surface area contributed by atoms with Crippen LogP contribution in [0.2, 0.25) is 0 Å². The molecule has 25 heavy (non-hydrogen) atoms. The third-order valence-electron chi connectivity index (χ3n) is 4.55. The van der Waals surface area contributed by atoms with Crippen molar-refractivity contribution in [2.45, 2.75) is 45.4 Å². The lowest BCUT2D eigenvalue weighted by atomic mass is 9.96. The zero-order valence-electron chi connectivity index (χ0n) is 15.8. The molecule has 1 N–H and O–H groups in total. The second-order valence-electron chi connectivity index (χ2n) is 6.58. The van der Waals surface area contributed by atoms with Crippen molar-refractivity contribution in [2.75, 3.05) is 40.4 Å². The quantitative estimate of drug-likeness (QED) is 0.267. The lowest BCUT2D eigenvalue weighted by molar-refractivity contribution is 0.0625. The molecule has 2 rings (SSSR count). The predicted octanol–water partition coefficient (Wildman–Crippen LogP) is 3.72. The molecule has 2 heterocycles. The molecule has 1 aromatic rings. The number of rotatable bonds is 8. The van der Waals surface area contributed by atoms with E-state index in [1.807, 2.05) is 7.05 Å². The molecule has 1 aromatic heterocycles. The highest BCUT2D eigenvalue weighted by Gasteiger charge is 2.15. The van der Waals surface area contributed by atoms with Gasteiger partial charge in [0.05, 0.1) is 5.01 Å². The van der Waals surface area contributed by atoms with Gasteiger partial charge in [-0.25, -0.2) is 4.98 Å². The van der Waals surface area contributed by atoms with Gasteiger partial charge in [0.25, 0.3) is 0 Å². The first kappa shape index (κ1) is 22.6. The Morgan fingerprint density at radius 3 is 2.80 bits per heavy atom. The maximum atomic E-state index is 5.43. The predicted molar refractivity (Wildman–Crippen MR) is 117 cm³/mol. The highest BCUT2D eigenvalue weighted by atomic mass is 127. The summed E-state index contributed by atoms with van der Waals surface area (Å²) in [7, 11) is 4.00. The zero-order valence-corrected chi connectivity index (χ0v) is 18.9. The Labute approximate surface area is 173 Å². The van der Waals surface area contributed by atoms with Gasteiger partial charge in [-0.3, -0.25) is 4.99 Å². The van der Waals surface area contributed by atoms with Crippen LogP contribution in [0.3, 0.4) is 0 Å². The van der Waals surface area contributed by atoms with Crippen molar-refractivity contribution >= 4 is 41.3 Å². The van der Waals surface area contributed by atoms with Crippen LogP contribution in [0.5, 0.6) is 0 Å². The number of aryl methyl sites for hydroxylation is 2. The van der Waals surface area contributed by atoms with Gasteiger partial charge in [0, 0.05) is 51.5 Å². The lowest BCUT2D eigenvalue weighted by Gasteiger charge is -2.26. The molecule has 0 unspecified atom stereocenters. The second-order valence-corrected chi connectivity index (χ2v) is 7.52. The third-order valence-corrected chi connectivity index (χ3v) is 5.58. The van der Waals surface area contributed by atoms with Crippen LogP contribution in [0, 0.1) is 12.8 Å². The monoisotopic (exact) mass is 480 g/mol. The van der Waals surface area contributed by atoms with E-state index in [1.54, 1.807) is 11.3 Å². The molecule has 7 heteroatoms. The van der Waals surface area contributed by atoms with Gasteiger partial charge in [-0.2, -0.15) is 0 Å². The molecule has 0 spiro atoms. The minimum atomic E-state index is 0. The molecule has 0 atom stereocenters. The molecule has 0 aromatic carbocycles. The van der Waals surface area contributed by atoms with Crippen molar-refractivity contribution in [1.82, 2.24) is 15.2 Å². The highest BCUT2D eigenvalue weighted by molar-refractivity contribution is 14.0. The van der Waals surface area contributed by atoms with Crippen LogP contribution < -0.4 is 5.32 Å². The molecule has 144 valence electrons. The number of hydrogen-bond acceptors (Lipinski definition) is 4. The number of guanidine groups is 1. The highest BCUT2D eigenvalue weighted by Crippen LogP contribution is 2.18. The van der Waals surface area contributed by atoms with Gasteiger partial charge in [-0.05, 0) is 51.4 Å². The Morgan fingerprint density at radius 1 is 1.40 bits per heavy atom. The molecule has 0 aliphatic carbocycles. The molecule has 0 bridgehead atoms. The summed E-state index contributed by atoms with van der Waals surface area (Å²) in [5.74, 6) is 1.81. The topological polar surface area (TPSA) is 49.8 Å². The normalized spacial score (nSPS) is 15.7. The van der Waals surface area contributed by atoms with Gasteiger partial charge in [-0.15, -0.1) is 35.3 Å². The third kappa shape index (κ3) is 8.68. The Balaban J connectivity index is 0.00000312. The number of thiazole rings is 1. The minimum absolute atomic E-state index is 0. The van der Waals surface area contributed by atoms with Gasteiger partial charge >= 0.3 is 0 Å². The first-order chi connectivity index (χ1) is 11.7. The van der Waals surface area contributed by atoms with E-state index in [2.05, 4.69) is 39.5 Å². The number of nitrogens with zero attached hydrogens (tertiary/aromatic N) is 3. The van der Waals surface area contributed by atoms with Gasteiger partial charge in [0.15, 0.2) is 5.96 Å². The summed E-state index contributed by atoms with van der Waals surface area (Å²) in [5.41, 5.74) is 1.14. The Kier molecular flexibility index (Phi) is 11.6. The van der Waals surface area contributed by atoms with Gasteiger partial charge in [0.1, 0.15) is 0 Å². The van der Waals surface area contributed by atoms with E-state index >= 15 is 0 Å². The largest absolute Gasteiger partial charge is 0.381 e. The van der Waals surface area contributed by atoms with Crippen LogP contribution in [0.15, 0.2) is 10.4 Å². The maximum Gasteiger partial charge on any atom is 0.193 e. The van der Waals surface area contributed by atoms with E-state index in [4.69, 9.17) is 4.74 Å². The van der Waals surface area contributed by atoms with Gasteiger partial charge in [-0.1, -0.05) is 0 Å². The molecule has 1 fully saturated rings. The fourth-order valence-corrected chi connectivity index (χ4v) is 3.84.